The van der Waals surface area contributed by atoms with Gasteiger partial charge in [-0.3, -0.25) is 9.69 Å². The van der Waals surface area contributed by atoms with Gasteiger partial charge in [-0.25, -0.2) is 0 Å². The summed E-state index contributed by atoms with van der Waals surface area (Å²) in [4.78, 5) is 18.4. The zero-order valence-electron chi connectivity index (χ0n) is 15.4. The van der Waals surface area contributed by atoms with Crippen LogP contribution in [-0.2, 0) is 15.1 Å². The lowest BCUT2D eigenvalue weighted by molar-refractivity contribution is -0.129. The van der Waals surface area contributed by atoms with Gasteiger partial charge in [-0.1, -0.05) is 6.07 Å². The lowest BCUT2D eigenvalue weighted by Gasteiger charge is -2.48. The van der Waals surface area contributed by atoms with Crippen LogP contribution in [0.1, 0.15) is 43.9 Å². The van der Waals surface area contributed by atoms with E-state index < -0.39 is 0 Å². The number of carbonyl (C=O) groups excluding carboxylic acids is 1. The van der Waals surface area contributed by atoms with Crippen LogP contribution in [0, 0.1) is 5.41 Å². The molecule has 1 atom stereocenters. The standard InChI is InChI=1S/C19H30N2O2S/c1-15(23-4)13-21-14-18(12-17(21)22)7-9-19(10-8-18,20(2)3)16-6-5-11-24-16/h5-6,11,15H,7-10,12-14H2,1-4H3. The summed E-state index contributed by atoms with van der Waals surface area (Å²) in [6, 6.07) is 4.43. The number of ether oxygens (including phenoxy) is 1. The SMILES string of the molecule is COC(C)CN1CC2(CCC(c3cccs3)(N(C)C)CC2)CC1=O. The van der Waals surface area contributed by atoms with Gasteiger partial charge in [0.2, 0.25) is 5.91 Å². The molecule has 2 aliphatic rings. The monoisotopic (exact) mass is 350 g/mol. The van der Waals surface area contributed by atoms with Gasteiger partial charge in [0.05, 0.1) is 11.6 Å². The Kier molecular flexibility index (Phi) is 5.05. The van der Waals surface area contributed by atoms with Gasteiger partial charge >= 0.3 is 0 Å². The van der Waals surface area contributed by atoms with E-state index in [0.717, 1.165) is 45.2 Å². The van der Waals surface area contributed by atoms with Crippen LogP contribution in [0.5, 0.6) is 0 Å². The quantitative estimate of drug-likeness (QED) is 0.816. The number of methoxy groups -OCH3 is 1. The number of hydrogen-bond acceptors (Lipinski definition) is 4. The van der Waals surface area contributed by atoms with Crippen LogP contribution < -0.4 is 0 Å². The van der Waals surface area contributed by atoms with Crippen LogP contribution in [0.3, 0.4) is 0 Å². The fraction of sp³-hybridized carbons (Fsp3) is 0.737. The molecule has 2 heterocycles. The molecule has 0 radical (unpaired) electrons. The Labute approximate surface area is 149 Å². The van der Waals surface area contributed by atoms with Crippen molar-refractivity contribution in [2.24, 2.45) is 5.41 Å². The number of amides is 1. The second kappa shape index (κ2) is 6.77. The summed E-state index contributed by atoms with van der Waals surface area (Å²) in [5.41, 5.74) is 0.330. The summed E-state index contributed by atoms with van der Waals surface area (Å²) < 4.78 is 5.35. The Morgan fingerprint density at radius 3 is 2.58 bits per heavy atom. The van der Waals surface area contributed by atoms with Crippen LogP contribution in [0.2, 0.25) is 0 Å². The zero-order chi connectivity index (χ0) is 17.4. The second-order valence-corrected chi connectivity index (χ2v) is 8.85. The molecule has 2 fully saturated rings. The Balaban J connectivity index is 1.71. The molecule has 24 heavy (non-hydrogen) atoms. The lowest BCUT2D eigenvalue weighted by Crippen LogP contribution is -2.47. The van der Waals surface area contributed by atoms with E-state index in [0.29, 0.717) is 5.91 Å². The molecule has 1 amide bonds. The van der Waals surface area contributed by atoms with Crippen LogP contribution in [0.4, 0.5) is 0 Å². The molecule has 0 N–H and O–H groups in total. The number of carbonyl (C=O) groups is 1. The Morgan fingerprint density at radius 2 is 2.04 bits per heavy atom. The van der Waals surface area contributed by atoms with Gasteiger partial charge in [-0.15, -0.1) is 11.3 Å². The Hall–Kier alpha value is -0.910. The highest BCUT2D eigenvalue weighted by molar-refractivity contribution is 7.10. The van der Waals surface area contributed by atoms with Crippen LogP contribution in [-0.4, -0.2) is 56.1 Å². The molecule has 1 aromatic rings. The van der Waals surface area contributed by atoms with Crippen molar-refractivity contribution in [1.29, 1.82) is 0 Å². The summed E-state index contributed by atoms with van der Waals surface area (Å²) in [5.74, 6) is 0.312. The number of nitrogens with zero attached hydrogens (tertiary/aromatic N) is 2. The lowest BCUT2D eigenvalue weighted by atomic mass is 9.66. The van der Waals surface area contributed by atoms with Crippen molar-refractivity contribution >= 4 is 17.2 Å². The Bertz CT molecular complexity index is 562. The highest BCUT2D eigenvalue weighted by atomic mass is 32.1. The van der Waals surface area contributed by atoms with E-state index in [1.54, 1.807) is 7.11 Å². The van der Waals surface area contributed by atoms with Crippen LogP contribution >= 0.6 is 11.3 Å². The molecule has 134 valence electrons. The highest BCUT2D eigenvalue weighted by Crippen LogP contribution is 2.52. The van der Waals surface area contributed by atoms with Gasteiger partial charge in [0, 0.05) is 31.5 Å². The molecule has 1 aliphatic carbocycles. The predicted octanol–water partition coefficient (Wildman–Crippen LogP) is 3.33. The topological polar surface area (TPSA) is 32.8 Å². The molecule has 1 saturated carbocycles. The summed E-state index contributed by atoms with van der Waals surface area (Å²) in [6.45, 7) is 3.67. The number of thiophene rings is 1. The maximum Gasteiger partial charge on any atom is 0.223 e. The minimum Gasteiger partial charge on any atom is -0.380 e. The molecule has 0 aromatic carbocycles. The van der Waals surface area contributed by atoms with Crippen molar-refractivity contribution in [3.63, 3.8) is 0 Å². The average Bonchev–Trinajstić information content (AvgIpc) is 3.18. The molecule has 1 aliphatic heterocycles. The maximum absolute atomic E-state index is 12.5. The molecule has 0 bridgehead atoms. The normalized spacial score (nSPS) is 32.0. The van der Waals surface area contributed by atoms with Crippen molar-refractivity contribution in [3.8, 4) is 0 Å². The summed E-state index contributed by atoms with van der Waals surface area (Å²) in [5, 5.41) is 2.18. The first-order chi connectivity index (χ1) is 11.4. The highest BCUT2D eigenvalue weighted by Gasteiger charge is 2.50. The van der Waals surface area contributed by atoms with Gasteiger partial charge in [-0.05, 0) is 63.6 Å². The molecule has 1 saturated heterocycles. The van der Waals surface area contributed by atoms with E-state index in [4.69, 9.17) is 4.74 Å². The van der Waals surface area contributed by atoms with E-state index in [9.17, 15) is 4.79 Å². The fourth-order valence-electron chi connectivity index (χ4n) is 4.52. The van der Waals surface area contributed by atoms with Crippen LogP contribution in [0.25, 0.3) is 0 Å². The number of likely N-dealkylation sites (tertiary alicyclic amines) is 1. The third kappa shape index (κ3) is 3.14. The van der Waals surface area contributed by atoms with Crippen molar-refractivity contribution in [2.45, 2.75) is 50.7 Å². The third-order valence-corrected chi connectivity index (χ3v) is 7.32. The van der Waals surface area contributed by atoms with Gasteiger partial charge < -0.3 is 9.64 Å². The average molecular weight is 351 g/mol. The molecule has 1 unspecified atom stereocenters. The number of hydrogen-bond donors (Lipinski definition) is 0. The van der Waals surface area contributed by atoms with E-state index in [1.807, 2.05) is 23.2 Å². The summed E-state index contributed by atoms with van der Waals surface area (Å²) in [7, 11) is 6.11. The van der Waals surface area contributed by atoms with Crippen molar-refractivity contribution in [3.05, 3.63) is 22.4 Å². The van der Waals surface area contributed by atoms with Crippen molar-refractivity contribution in [1.82, 2.24) is 9.80 Å². The first-order valence-corrected chi connectivity index (χ1v) is 9.81. The zero-order valence-corrected chi connectivity index (χ0v) is 16.2. The van der Waals surface area contributed by atoms with E-state index in [1.165, 1.54) is 4.88 Å². The maximum atomic E-state index is 12.5. The minimum absolute atomic E-state index is 0.111. The van der Waals surface area contributed by atoms with E-state index in [-0.39, 0.29) is 17.1 Å². The minimum atomic E-state index is 0.111. The first kappa shape index (κ1) is 17.9. The second-order valence-electron chi connectivity index (χ2n) is 7.90. The molecule has 5 heteroatoms. The molecule has 1 spiro atoms. The molecule has 4 nitrogen and oxygen atoms in total. The first-order valence-electron chi connectivity index (χ1n) is 8.93. The van der Waals surface area contributed by atoms with Gasteiger partial charge in [-0.2, -0.15) is 0 Å². The third-order valence-electron chi connectivity index (χ3n) is 6.26. The predicted molar refractivity (Wildman–Crippen MR) is 98.3 cm³/mol. The molecule has 3 rings (SSSR count). The molecular formula is C19H30N2O2S. The van der Waals surface area contributed by atoms with Crippen molar-refractivity contribution in [2.75, 3.05) is 34.3 Å². The van der Waals surface area contributed by atoms with Gasteiger partial charge in [0.25, 0.3) is 0 Å². The van der Waals surface area contributed by atoms with Gasteiger partial charge in [0.1, 0.15) is 0 Å². The number of rotatable bonds is 5. The molecular weight excluding hydrogens is 320 g/mol. The smallest absolute Gasteiger partial charge is 0.223 e. The van der Waals surface area contributed by atoms with E-state index >= 15 is 0 Å². The van der Waals surface area contributed by atoms with Gasteiger partial charge in [0.15, 0.2) is 0 Å². The summed E-state index contributed by atoms with van der Waals surface area (Å²) in [6.07, 6.45) is 5.37. The molecule has 1 aromatic heterocycles. The van der Waals surface area contributed by atoms with Crippen molar-refractivity contribution < 1.29 is 9.53 Å². The largest absolute Gasteiger partial charge is 0.380 e. The van der Waals surface area contributed by atoms with E-state index in [2.05, 4.69) is 36.5 Å². The fourth-order valence-corrected chi connectivity index (χ4v) is 5.59. The summed E-state index contributed by atoms with van der Waals surface area (Å²) >= 11 is 1.86. The Morgan fingerprint density at radius 1 is 1.33 bits per heavy atom. The van der Waals surface area contributed by atoms with Crippen LogP contribution in [0.15, 0.2) is 17.5 Å².